The molecule has 0 aliphatic carbocycles. The maximum Gasteiger partial charge on any atom is 0.0131 e. The summed E-state index contributed by atoms with van der Waals surface area (Å²) in [6.45, 7) is 7.64. The summed E-state index contributed by atoms with van der Waals surface area (Å²) in [5, 5.41) is 2.41. The van der Waals surface area contributed by atoms with Crippen LogP contribution < -0.4 is 5.43 Å². The third-order valence-corrected chi connectivity index (χ3v) is 3.54. The van der Waals surface area contributed by atoms with Gasteiger partial charge in [-0.05, 0) is 51.7 Å². The Morgan fingerprint density at radius 2 is 1.47 bits per heavy atom. The van der Waals surface area contributed by atoms with Gasteiger partial charge in [-0.25, -0.2) is 5.01 Å². The number of piperidine rings is 1. The summed E-state index contributed by atoms with van der Waals surface area (Å²) in [6, 6.07) is 0. The number of hydrazine groups is 1. The van der Waals surface area contributed by atoms with Crippen molar-refractivity contribution in [1.29, 1.82) is 0 Å². The molecule has 2 fully saturated rings. The second kappa shape index (κ2) is 6.46. The molecule has 2 aliphatic rings. The molecule has 0 unspecified atom stereocenters. The molecule has 0 amide bonds. The Kier molecular flexibility index (Phi) is 4.90. The Balaban J connectivity index is 1.47. The van der Waals surface area contributed by atoms with Gasteiger partial charge >= 0.3 is 0 Å². The van der Waals surface area contributed by atoms with Gasteiger partial charge < -0.3 is 4.90 Å². The standard InChI is InChI=1S/C12H25N3/c1-2-11-15(12-3-1)13-7-6-10-14-8-4-5-9-14/h13H,1-12H2. The Morgan fingerprint density at radius 3 is 2.20 bits per heavy atom. The number of hydrogen-bond donors (Lipinski definition) is 1. The monoisotopic (exact) mass is 211 g/mol. The van der Waals surface area contributed by atoms with Gasteiger partial charge in [0.1, 0.15) is 0 Å². The van der Waals surface area contributed by atoms with Crippen LogP contribution in [-0.2, 0) is 0 Å². The van der Waals surface area contributed by atoms with Crippen LogP contribution in [0.5, 0.6) is 0 Å². The molecule has 15 heavy (non-hydrogen) atoms. The third-order valence-electron chi connectivity index (χ3n) is 3.54. The molecule has 3 nitrogen and oxygen atoms in total. The minimum atomic E-state index is 1.16. The van der Waals surface area contributed by atoms with Crippen LogP contribution in [0, 0.1) is 0 Å². The van der Waals surface area contributed by atoms with E-state index in [0.717, 1.165) is 6.54 Å². The lowest BCUT2D eigenvalue weighted by Crippen LogP contribution is -2.42. The van der Waals surface area contributed by atoms with E-state index in [2.05, 4.69) is 15.3 Å². The number of likely N-dealkylation sites (tertiary alicyclic amines) is 1. The summed E-state index contributed by atoms with van der Waals surface area (Å²) < 4.78 is 0. The van der Waals surface area contributed by atoms with Crippen molar-refractivity contribution in [2.75, 3.05) is 39.3 Å². The van der Waals surface area contributed by atoms with Gasteiger partial charge in [-0.2, -0.15) is 0 Å². The molecular formula is C12H25N3. The molecule has 0 bridgehead atoms. The first kappa shape index (κ1) is 11.4. The molecule has 0 aromatic heterocycles. The molecule has 2 rings (SSSR count). The van der Waals surface area contributed by atoms with Gasteiger partial charge in [0.05, 0.1) is 0 Å². The predicted octanol–water partition coefficient (Wildman–Crippen LogP) is 1.46. The number of nitrogens with one attached hydrogen (secondary N) is 1. The van der Waals surface area contributed by atoms with Gasteiger partial charge in [0, 0.05) is 19.6 Å². The lowest BCUT2D eigenvalue weighted by molar-refractivity contribution is 0.151. The van der Waals surface area contributed by atoms with Gasteiger partial charge in [0.2, 0.25) is 0 Å². The summed E-state index contributed by atoms with van der Waals surface area (Å²) in [5.41, 5.74) is 3.55. The van der Waals surface area contributed by atoms with Crippen LogP contribution >= 0.6 is 0 Å². The van der Waals surface area contributed by atoms with E-state index in [1.54, 1.807) is 0 Å². The molecule has 0 radical (unpaired) electrons. The summed E-state index contributed by atoms with van der Waals surface area (Å²) in [5.74, 6) is 0. The molecule has 88 valence electrons. The van der Waals surface area contributed by atoms with Gasteiger partial charge in [-0.1, -0.05) is 6.42 Å². The molecule has 2 aliphatic heterocycles. The van der Waals surface area contributed by atoms with Gasteiger partial charge in [-0.15, -0.1) is 0 Å². The Hall–Kier alpha value is -0.120. The second-order valence-electron chi connectivity index (χ2n) is 4.86. The lowest BCUT2D eigenvalue weighted by Gasteiger charge is -2.27. The normalized spacial score (nSPS) is 24.8. The molecule has 2 heterocycles. The van der Waals surface area contributed by atoms with Crippen molar-refractivity contribution in [1.82, 2.24) is 15.3 Å². The van der Waals surface area contributed by atoms with E-state index in [0.29, 0.717) is 0 Å². The SMILES string of the molecule is C1CCN(NCCCN2CCCC2)CC1. The highest BCUT2D eigenvalue weighted by atomic mass is 15.5. The topological polar surface area (TPSA) is 18.5 Å². The zero-order chi connectivity index (χ0) is 10.3. The second-order valence-corrected chi connectivity index (χ2v) is 4.86. The van der Waals surface area contributed by atoms with Crippen LogP contribution in [0.25, 0.3) is 0 Å². The van der Waals surface area contributed by atoms with Crippen LogP contribution in [0.3, 0.4) is 0 Å². The predicted molar refractivity (Wildman–Crippen MR) is 63.7 cm³/mol. The van der Waals surface area contributed by atoms with Gasteiger partial charge in [0.15, 0.2) is 0 Å². The van der Waals surface area contributed by atoms with Crippen molar-refractivity contribution in [2.45, 2.75) is 38.5 Å². The number of hydrogen-bond acceptors (Lipinski definition) is 3. The summed E-state index contributed by atoms with van der Waals surface area (Å²) >= 11 is 0. The highest BCUT2D eigenvalue weighted by Gasteiger charge is 2.11. The van der Waals surface area contributed by atoms with Crippen molar-refractivity contribution in [3.8, 4) is 0 Å². The van der Waals surface area contributed by atoms with Crippen molar-refractivity contribution < 1.29 is 0 Å². The van der Waals surface area contributed by atoms with Gasteiger partial charge in [0.25, 0.3) is 0 Å². The third kappa shape index (κ3) is 4.09. The average molecular weight is 211 g/mol. The Bertz CT molecular complexity index is 160. The number of rotatable bonds is 5. The molecule has 3 heteroatoms. The van der Waals surface area contributed by atoms with Crippen LogP contribution in [0.1, 0.15) is 38.5 Å². The molecule has 2 saturated heterocycles. The first-order chi connectivity index (χ1) is 7.45. The quantitative estimate of drug-likeness (QED) is 0.695. The maximum absolute atomic E-state index is 3.55. The van der Waals surface area contributed by atoms with Crippen molar-refractivity contribution >= 4 is 0 Å². The van der Waals surface area contributed by atoms with Crippen molar-refractivity contribution in [3.05, 3.63) is 0 Å². The fourth-order valence-corrected chi connectivity index (χ4v) is 2.60. The lowest BCUT2D eigenvalue weighted by atomic mass is 10.2. The molecule has 0 spiro atoms. The van der Waals surface area contributed by atoms with E-state index in [1.165, 1.54) is 71.2 Å². The van der Waals surface area contributed by atoms with E-state index in [-0.39, 0.29) is 0 Å². The highest BCUT2D eigenvalue weighted by molar-refractivity contribution is 4.66. The number of nitrogens with zero attached hydrogens (tertiary/aromatic N) is 2. The first-order valence-electron chi connectivity index (χ1n) is 6.66. The average Bonchev–Trinajstić information content (AvgIpc) is 2.79. The van der Waals surface area contributed by atoms with Gasteiger partial charge in [-0.3, -0.25) is 5.43 Å². The van der Waals surface area contributed by atoms with E-state index in [4.69, 9.17) is 0 Å². The minimum absolute atomic E-state index is 1.16. The summed E-state index contributed by atoms with van der Waals surface area (Å²) in [4.78, 5) is 2.60. The van der Waals surface area contributed by atoms with E-state index in [1.807, 2.05) is 0 Å². The smallest absolute Gasteiger partial charge is 0.0131 e. The van der Waals surface area contributed by atoms with Crippen molar-refractivity contribution in [3.63, 3.8) is 0 Å². The molecule has 0 atom stereocenters. The first-order valence-corrected chi connectivity index (χ1v) is 6.66. The van der Waals surface area contributed by atoms with E-state index >= 15 is 0 Å². The Labute approximate surface area is 93.8 Å². The van der Waals surface area contributed by atoms with Crippen LogP contribution in [0.4, 0.5) is 0 Å². The van der Waals surface area contributed by atoms with Crippen LogP contribution in [0.15, 0.2) is 0 Å². The minimum Gasteiger partial charge on any atom is -0.303 e. The zero-order valence-corrected chi connectivity index (χ0v) is 9.88. The molecule has 0 saturated carbocycles. The van der Waals surface area contributed by atoms with Crippen LogP contribution in [-0.4, -0.2) is 49.2 Å². The fourth-order valence-electron chi connectivity index (χ4n) is 2.60. The molecule has 1 N–H and O–H groups in total. The summed E-state index contributed by atoms with van der Waals surface area (Å²) in [7, 11) is 0. The van der Waals surface area contributed by atoms with E-state index in [9.17, 15) is 0 Å². The zero-order valence-electron chi connectivity index (χ0n) is 9.88. The summed E-state index contributed by atoms with van der Waals surface area (Å²) in [6.07, 6.45) is 8.31. The molecule has 0 aromatic rings. The highest BCUT2D eigenvalue weighted by Crippen LogP contribution is 2.08. The van der Waals surface area contributed by atoms with Crippen molar-refractivity contribution in [2.24, 2.45) is 0 Å². The maximum atomic E-state index is 3.55. The molecule has 0 aromatic carbocycles. The fraction of sp³-hybridized carbons (Fsp3) is 1.00. The largest absolute Gasteiger partial charge is 0.303 e. The van der Waals surface area contributed by atoms with E-state index < -0.39 is 0 Å². The molecular weight excluding hydrogens is 186 g/mol. The van der Waals surface area contributed by atoms with Crippen LogP contribution in [0.2, 0.25) is 0 Å². The Morgan fingerprint density at radius 1 is 0.800 bits per heavy atom.